The summed E-state index contributed by atoms with van der Waals surface area (Å²) >= 11 is 0. The van der Waals surface area contributed by atoms with Crippen molar-refractivity contribution in [3.05, 3.63) is 176 Å². The molecular formula is C42H29N. The van der Waals surface area contributed by atoms with Crippen LogP contribution in [0.3, 0.4) is 0 Å². The second-order valence-corrected chi connectivity index (χ2v) is 11.0. The molecular weight excluding hydrogens is 518 g/mol. The first kappa shape index (κ1) is 25.1. The van der Waals surface area contributed by atoms with Gasteiger partial charge >= 0.3 is 0 Å². The van der Waals surface area contributed by atoms with Crippen LogP contribution in [-0.4, -0.2) is 4.57 Å². The van der Waals surface area contributed by atoms with Crippen molar-refractivity contribution in [1.82, 2.24) is 4.57 Å². The first-order valence-corrected chi connectivity index (χ1v) is 14.8. The maximum atomic E-state index is 2.44. The van der Waals surface area contributed by atoms with E-state index in [1.807, 2.05) is 0 Å². The second-order valence-electron chi connectivity index (χ2n) is 11.0. The number of benzene rings is 7. The molecule has 0 amide bonds. The molecule has 8 aromatic rings. The third-order valence-corrected chi connectivity index (χ3v) is 8.39. The van der Waals surface area contributed by atoms with E-state index in [0.717, 1.165) is 5.69 Å². The van der Waals surface area contributed by atoms with Gasteiger partial charge in [-0.15, -0.1) is 0 Å². The summed E-state index contributed by atoms with van der Waals surface area (Å²) in [5, 5.41) is 2.51. The van der Waals surface area contributed by atoms with Crippen LogP contribution in [0.25, 0.3) is 72.0 Å². The van der Waals surface area contributed by atoms with E-state index in [-0.39, 0.29) is 0 Å². The van der Waals surface area contributed by atoms with Crippen LogP contribution in [0.2, 0.25) is 0 Å². The molecule has 7 aromatic carbocycles. The number of rotatable bonds is 5. The van der Waals surface area contributed by atoms with Gasteiger partial charge in [-0.3, -0.25) is 0 Å². The summed E-state index contributed by atoms with van der Waals surface area (Å²) in [5.41, 5.74) is 13.3. The molecule has 1 aromatic heterocycles. The van der Waals surface area contributed by atoms with Gasteiger partial charge in [0.15, 0.2) is 0 Å². The van der Waals surface area contributed by atoms with Crippen molar-refractivity contribution in [3.63, 3.8) is 0 Å². The quantitative estimate of drug-likeness (QED) is 0.202. The lowest BCUT2D eigenvalue weighted by Gasteiger charge is -2.15. The Balaban J connectivity index is 1.40. The highest BCUT2D eigenvalue weighted by molar-refractivity contribution is 6.10. The SMILES string of the molecule is c1ccc(-c2cc(-c3ccccc3)cc(-n3c4ccccc4c4ccc(-c5ccccc5-c5ccccc5)cc43)c2)cc1. The monoisotopic (exact) mass is 547 g/mol. The molecule has 43 heavy (non-hydrogen) atoms. The van der Waals surface area contributed by atoms with Crippen molar-refractivity contribution < 1.29 is 0 Å². The van der Waals surface area contributed by atoms with E-state index in [0.29, 0.717) is 0 Å². The minimum atomic E-state index is 1.15. The van der Waals surface area contributed by atoms with Gasteiger partial charge in [0.1, 0.15) is 0 Å². The van der Waals surface area contributed by atoms with Crippen molar-refractivity contribution in [2.24, 2.45) is 0 Å². The molecule has 0 atom stereocenters. The summed E-state index contributed by atoms with van der Waals surface area (Å²) < 4.78 is 2.44. The topological polar surface area (TPSA) is 4.93 Å². The number of nitrogens with zero attached hydrogens (tertiary/aromatic N) is 1. The Labute approximate surface area is 251 Å². The molecule has 0 saturated carbocycles. The van der Waals surface area contributed by atoms with Crippen LogP contribution < -0.4 is 0 Å². The predicted octanol–water partition coefficient (Wildman–Crippen LogP) is 11.5. The van der Waals surface area contributed by atoms with Crippen LogP contribution in [0.4, 0.5) is 0 Å². The Bertz CT molecular complexity index is 2150. The van der Waals surface area contributed by atoms with E-state index in [1.165, 1.54) is 66.3 Å². The molecule has 202 valence electrons. The fourth-order valence-electron chi connectivity index (χ4n) is 6.36. The average Bonchev–Trinajstić information content (AvgIpc) is 3.43. The summed E-state index contributed by atoms with van der Waals surface area (Å²) in [7, 11) is 0. The Kier molecular flexibility index (Phi) is 6.20. The van der Waals surface area contributed by atoms with Crippen molar-refractivity contribution in [3.8, 4) is 50.2 Å². The molecule has 0 N–H and O–H groups in total. The van der Waals surface area contributed by atoms with Crippen molar-refractivity contribution >= 4 is 21.8 Å². The lowest BCUT2D eigenvalue weighted by Crippen LogP contribution is -1.96. The van der Waals surface area contributed by atoms with E-state index in [9.17, 15) is 0 Å². The van der Waals surface area contributed by atoms with Crippen LogP contribution in [-0.2, 0) is 0 Å². The summed E-state index contributed by atoms with van der Waals surface area (Å²) in [6.45, 7) is 0. The Morgan fingerprint density at radius 3 is 1.40 bits per heavy atom. The number of aromatic nitrogens is 1. The smallest absolute Gasteiger partial charge is 0.0547 e. The van der Waals surface area contributed by atoms with Crippen molar-refractivity contribution in [2.45, 2.75) is 0 Å². The van der Waals surface area contributed by atoms with E-state index < -0.39 is 0 Å². The van der Waals surface area contributed by atoms with Gasteiger partial charge < -0.3 is 4.57 Å². The third-order valence-electron chi connectivity index (χ3n) is 8.39. The molecule has 0 saturated heterocycles. The van der Waals surface area contributed by atoms with Gasteiger partial charge in [-0.25, -0.2) is 0 Å². The Morgan fingerprint density at radius 2 is 0.767 bits per heavy atom. The lowest BCUT2D eigenvalue weighted by molar-refractivity contribution is 1.18. The van der Waals surface area contributed by atoms with Gasteiger partial charge in [0, 0.05) is 16.5 Å². The summed E-state index contributed by atoms with van der Waals surface area (Å²) in [6, 6.07) is 63.4. The number of hydrogen-bond acceptors (Lipinski definition) is 0. The van der Waals surface area contributed by atoms with E-state index in [1.54, 1.807) is 0 Å². The maximum absolute atomic E-state index is 2.44. The largest absolute Gasteiger partial charge is 0.309 e. The zero-order valence-corrected chi connectivity index (χ0v) is 23.7. The minimum absolute atomic E-state index is 1.15. The zero-order valence-electron chi connectivity index (χ0n) is 23.7. The van der Waals surface area contributed by atoms with Gasteiger partial charge in [-0.05, 0) is 74.8 Å². The van der Waals surface area contributed by atoms with Crippen molar-refractivity contribution in [1.29, 1.82) is 0 Å². The third kappa shape index (κ3) is 4.52. The fourth-order valence-corrected chi connectivity index (χ4v) is 6.36. The molecule has 0 spiro atoms. The molecule has 0 aliphatic heterocycles. The summed E-state index contributed by atoms with van der Waals surface area (Å²) in [4.78, 5) is 0. The van der Waals surface area contributed by atoms with Gasteiger partial charge in [0.25, 0.3) is 0 Å². The standard InChI is InChI=1S/C42H29N/c1-4-14-30(15-5-1)34-26-35(31-16-6-2-7-17-31)28-36(27-34)43-41-23-13-12-22-39(41)40-25-24-33(29-42(40)43)38-21-11-10-20-37(38)32-18-8-3-9-19-32/h1-29H. The molecule has 0 radical (unpaired) electrons. The average molecular weight is 548 g/mol. The highest BCUT2D eigenvalue weighted by Gasteiger charge is 2.16. The maximum Gasteiger partial charge on any atom is 0.0547 e. The second kappa shape index (κ2) is 10.6. The minimum Gasteiger partial charge on any atom is -0.309 e. The molecule has 1 heterocycles. The van der Waals surface area contributed by atoms with Crippen LogP contribution in [0.1, 0.15) is 0 Å². The highest BCUT2D eigenvalue weighted by Crippen LogP contribution is 2.39. The Hall–Kier alpha value is -5.66. The zero-order chi connectivity index (χ0) is 28.6. The summed E-state index contributed by atoms with van der Waals surface area (Å²) in [5.74, 6) is 0. The van der Waals surface area contributed by atoms with Crippen LogP contribution in [0, 0.1) is 0 Å². The number of fused-ring (bicyclic) bond motifs is 3. The van der Waals surface area contributed by atoms with E-state index in [4.69, 9.17) is 0 Å². The molecule has 0 aliphatic carbocycles. The molecule has 0 aliphatic rings. The van der Waals surface area contributed by atoms with Crippen molar-refractivity contribution in [2.75, 3.05) is 0 Å². The molecule has 8 rings (SSSR count). The normalized spacial score (nSPS) is 11.3. The number of hydrogen-bond donors (Lipinski definition) is 0. The van der Waals surface area contributed by atoms with E-state index >= 15 is 0 Å². The van der Waals surface area contributed by atoms with Gasteiger partial charge in [-0.1, -0.05) is 146 Å². The van der Waals surface area contributed by atoms with E-state index in [2.05, 4.69) is 180 Å². The van der Waals surface area contributed by atoms with Gasteiger partial charge in [-0.2, -0.15) is 0 Å². The summed E-state index contributed by atoms with van der Waals surface area (Å²) in [6.07, 6.45) is 0. The molecule has 0 unspecified atom stereocenters. The molecule has 0 fully saturated rings. The molecule has 0 bridgehead atoms. The lowest BCUT2D eigenvalue weighted by atomic mass is 9.94. The first-order chi connectivity index (χ1) is 21.3. The first-order valence-electron chi connectivity index (χ1n) is 14.8. The van der Waals surface area contributed by atoms with Crippen LogP contribution in [0.5, 0.6) is 0 Å². The number of para-hydroxylation sites is 1. The fraction of sp³-hybridized carbons (Fsp3) is 0. The molecule has 1 heteroatoms. The van der Waals surface area contributed by atoms with Crippen LogP contribution >= 0.6 is 0 Å². The highest BCUT2D eigenvalue weighted by atomic mass is 15.0. The molecule has 1 nitrogen and oxygen atoms in total. The van der Waals surface area contributed by atoms with Gasteiger partial charge in [0.05, 0.1) is 11.0 Å². The predicted molar refractivity (Wildman–Crippen MR) is 183 cm³/mol. The Morgan fingerprint density at radius 1 is 0.279 bits per heavy atom. The van der Waals surface area contributed by atoms with Crippen LogP contribution in [0.15, 0.2) is 176 Å². The van der Waals surface area contributed by atoms with Gasteiger partial charge in [0.2, 0.25) is 0 Å².